The number of hydrogen-bond acceptors (Lipinski definition) is 4. The van der Waals surface area contributed by atoms with E-state index in [9.17, 15) is 4.79 Å². The van der Waals surface area contributed by atoms with E-state index in [4.69, 9.17) is 4.52 Å². The standard InChI is InChI=1S/C16H25N3O2/c1-10(14-11(2)18-21-12(14)3)17-16(20)15(13-6-7-13)19-8-4-5-9-19/h10,13,15H,4-9H2,1-3H3,(H,17,20)/t10-,15-/m1/s1. The number of amides is 1. The smallest absolute Gasteiger partial charge is 0.238 e. The fourth-order valence-electron chi connectivity index (χ4n) is 3.59. The Hall–Kier alpha value is -1.36. The second-order valence-corrected chi connectivity index (χ2v) is 6.49. The maximum atomic E-state index is 12.7. The Labute approximate surface area is 126 Å². The van der Waals surface area contributed by atoms with Gasteiger partial charge in [0.2, 0.25) is 5.91 Å². The predicted molar refractivity (Wildman–Crippen MR) is 79.9 cm³/mol. The molecular formula is C16H25N3O2. The first-order valence-electron chi connectivity index (χ1n) is 8.05. The summed E-state index contributed by atoms with van der Waals surface area (Å²) < 4.78 is 5.21. The van der Waals surface area contributed by atoms with E-state index in [1.165, 1.54) is 25.7 Å². The summed E-state index contributed by atoms with van der Waals surface area (Å²) in [6, 6.07) is 0.0167. The van der Waals surface area contributed by atoms with Crippen molar-refractivity contribution in [3.05, 3.63) is 17.0 Å². The maximum absolute atomic E-state index is 12.7. The minimum absolute atomic E-state index is 0.0485. The summed E-state index contributed by atoms with van der Waals surface area (Å²) in [5.41, 5.74) is 1.88. The summed E-state index contributed by atoms with van der Waals surface area (Å²) in [6.45, 7) is 7.96. The molecule has 5 nitrogen and oxygen atoms in total. The number of carbonyl (C=O) groups excluding carboxylic acids is 1. The number of likely N-dealkylation sites (tertiary alicyclic amines) is 1. The molecule has 3 rings (SSSR count). The molecule has 2 atom stereocenters. The molecule has 0 radical (unpaired) electrons. The average molecular weight is 291 g/mol. The number of nitrogens with zero attached hydrogens (tertiary/aromatic N) is 2. The number of rotatable bonds is 5. The number of carbonyl (C=O) groups is 1. The first-order chi connectivity index (χ1) is 10.1. The highest BCUT2D eigenvalue weighted by molar-refractivity contribution is 5.83. The Morgan fingerprint density at radius 1 is 1.33 bits per heavy atom. The SMILES string of the molecule is Cc1noc(C)c1[C@@H](C)NC(=O)[C@@H](C1CC1)N1CCCC1. The van der Waals surface area contributed by atoms with Crippen LogP contribution in [0.1, 0.15) is 55.7 Å². The second-order valence-electron chi connectivity index (χ2n) is 6.49. The molecule has 1 saturated heterocycles. The third-order valence-electron chi connectivity index (χ3n) is 4.75. The van der Waals surface area contributed by atoms with E-state index in [0.717, 1.165) is 30.1 Å². The monoisotopic (exact) mass is 291 g/mol. The molecule has 2 fully saturated rings. The summed E-state index contributed by atoms with van der Waals surface area (Å²) in [5, 5.41) is 7.16. The van der Waals surface area contributed by atoms with Gasteiger partial charge in [-0.1, -0.05) is 5.16 Å². The van der Waals surface area contributed by atoms with Gasteiger partial charge in [-0.2, -0.15) is 0 Å². The fraction of sp³-hybridized carbons (Fsp3) is 0.750. The molecule has 0 unspecified atom stereocenters. The van der Waals surface area contributed by atoms with Crippen molar-refractivity contribution in [1.82, 2.24) is 15.4 Å². The van der Waals surface area contributed by atoms with Gasteiger partial charge >= 0.3 is 0 Å². The fourth-order valence-corrected chi connectivity index (χ4v) is 3.59. The van der Waals surface area contributed by atoms with Crippen molar-refractivity contribution < 1.29 is 9.32 Å². The van der Waals surface area contributed by atoms with Crippen LogP contribution < -0.4 is 5.32 Å². The van der Waals surface area contributed by atoms with Crippen LogP contribution in [-0.4, -0.2) is 35.1 Å². The molecule has 0 aromatic carbocycles. The molecule has 116 valence electrons. The zero-order valence-electron chi connectivity index (χ0n) is 13.2. The lowest BCUT2D eigenvalue weighted by atomic mass is 10.1. The molecule has 5 heteroatoms. The molecule has 1 aromatic heterocycles. The largest absolute Gasteiger partial charge is 0.361 e. The number of aryl methyl sites for hydroxylation is 2. The van der Waals surface area contributed by atoms with E-state index < -0.39 is 0 Å². The summed E-state index contributed by atoms with van der Waals surface area (Å²) >= 11 is 0. The van der Waals surface area contributed by atoms with E-state index in [2.05, 4.69) is 15.4 Å². The summed E-state index contributed by atoms with van der Waals surface area (Å²) in [5.74, 6) is 1.52. The summed E-state index contributed by atoms with van der Waals surface area (Å²) in [6.07, 6.45) is 4.81. The Balaban J connectivity index is 1.69. The van der Waals surface area contributed by atoms with Crippen molar-refractivity contribution in [2.75, 3.05) is 13.1 Å². The molecule has 1 amide bonds. The van der Waals surface area contributed by atoms with Gasteiger partial charge in [-0.25, -0.2) is 0 Å². The topological polar surface area (TPSA) is 58.4 Å². The van der Waals surface area contributed by atoms with Crippen molar-refractivity contribution >= 4 is 5.91 Å². The van der Waals surface area contributed by atoms with Crippen molar-refractivity contribution in [2.45, 2.75) is 58.5 Å². The van der Waals surface area contributed by atoms with Crippen molar-refractivity contribution in [1.29, 1.82) is 0 Å². The molecule has 1 saturated carbocycles. The van der Waals surface area contributed by atoms with Crippen LogP contribution in [0.2, 0.25) is 0 Å². The quantitative estimate of drug-likeness (QED) is 0.904. The third-order valence-corrected chi connectivity index (χ3v) is 4.75. The zero-order chi connectivity index (χ0) is 15.0. The van der Waals surface area contributed by atoms with Gasteiger partial charge in [0.1, 0.15) is 5.76 Å². The van der Waals surface area contributed by atoms with Crippen LogP contribution in [0.25, 0.3) is 0 Å². The first kappa shape index (κ1) is 14.6. The van der Waals surface area contributed by atoms with Crippen LogP contribution in [0.15, 0.2) is 4.52 Å². The van der Waals surface area contributed by atoms with E-state index in [1.54, 1.807) is 0 Å². The first-order valence-corrected chi connectivity index (χ1v) is 8.05. The molecule has 0 spiro atoms. The van der Waals surface area contributed by atoms with Crippen molar-refractivity contribution in [3.8, 4) is 0 Å². The van der Waals surface area contributed by atoms with E-state index in [-0.39, 0.29) is 18.0 Å². The summed E-state index contributed by atoms with van der Waals surface area (Å²) in [4.78, 5) is 15.1. The molecule has 2 heterocycles. The molecule has 0 bridgehead atoms. The highest BCUT2D eigenvalue weighted by Gasteiger charge is 2.41. The van der Waals surface area contributed by atoms with Crippen LogP contribution in [0.4, 0.5) is 0 Å². The third kappa shape index (κ3) is 2.98. The van der Waals surface area contributed by atoms with E-state index >= 15 is 0 Å². The van der Waals surface area contributed by atoms with Crippen molar-refractivity contribution in [2.24, 2.45) is 5.92 Å². The second kappa shape index (κ2) is 5.79. The van der Waals surface area contributed by atoms with E-state index in [0.29, 0.717) is 5.92 Å². The molecular weight excluding hydrogens is 266 g/mol. The lowest BCUT2D eigenvalue weighted by Crippen LogP contribution is -2.47. The molecule has 21 heavy (non-hydrogen) atoms. The summed E-state index contributed by atoms with van der Waals surface area (Å²) in [7, 11) is 0. The Morgan fingerprint density at radius 3 is 2.52 bits per heavy atom. The van der Waals surface area contributed by atoms with Crippen LogP contribution in [0.3, 0.4) is 0 Å². The van der Waals surface area contributed by atoms with Gasteiger partial charge in [0.15, 0.2) is 0 Å². The van der Waals surface area contributed by atoms with Crippen LogP contribution >= 0.6 is 0 Å². The average Bonchev–Trinajstić information content (AvgIpc) is 2.98. The lowest BCUT2D eigenvalue weighted by Gasteiger charge is -2.28. The zero-order valence-corrected chi connectivity index (χ0v) is 13.2. The van der Waals surface area contributed by atoms with Gasteiger partial charge in [-0.15, -0.1) is 0 Å². The van der Waals surface area contributed by atoms with Gasteiger partial charge in [0.25, 0.3) is 0 Å². The van der Waals surface area contributed by atoms with Crippen LogP contribution in [-0.2, 0) is 4.79 Å². The maximum Gasteiger partial charge on any atom is 0.238 e. The van der Waals surface area contributed by atoms with Gasteiger partial charge < -0.3 is 9.84 Å². The highest BCUT2D eigenvalue weighted by Crippen LogP contribution is 2.37. The number of hydrogen-bond donors (Lipinski definition) is 1. The molecule has 2 aliphatic rings. The Morgan fingerprint density at radius 2 is 2.00 bits per heavy atom. The van der Waals surface area contributed by atoms with Gasteiger partial charge in [0.05, 0.1) is 17.8 Å². The van der Waals surface area contributed by atoms with Crippen LogP contribution in [0, 0.1) is 19.8 Å². The van der Waals surface area contributed by atoms with Crippen LogP contribution in [0.5, 0.6) is 0 Å². The Kier molecular flexibility index (Phi) is 4.02. The normalized spacial score (nSPS) is 22.2. The minimum atomic E-state index is -0.0485. The predicted octanol–water partition coefficient (Wildman–Crippen LogP) is 2.34. The molecule has 1 N–H and O–H groups in total. The minimum Gasteiger partial charge on any atom is -0.361 e. The van der Waals surface area contributed by atoms with Gasteiger partial charge in [-0.3, -0.25) is 9.69 Å². The lowest BCUT2D eigenvalue weighted by molar-refractivity contribution is -0.127. The Bertz CT molecular complexity index is 496. The molecule has 1 aliphatic carbocycles. The molecule has 1 aliphatic heterocycles. The molecule has 1 aromatic rings. The number of aromatic nitrogens is 1. The number of nitrogens with one attached hydrogen (secondary N) is 1. The highest BCUT2D eigenvalue weighted by atomic mass is 16.5. The van der Waals surface area contributed by atoms with Gasteiger partial charge in [0, 0.05) is 5.56 Å². The van der Waals surface area contributed by atoms with Crippen molar-refractivity contribution in [3.63, 3.8) is 0 Å². The van der Waals surface area contributed by atoms with E-state index in [1.807, 2.05) is 20.8 Å². The van der Waals surface area contributed by atoms with Gasteiger partial charge in [-0.05, 0) is 65.5 Å².